The van der Waals surface area contributed by atoms with Crippen LogP contribution >= 0.6 is 23.2 Å². The van der Waals surface area contributed by atoms with Gasteiger partial charge in [-0.25, -0.2) is 4.79 Å². The molecule has 0 aromatic heterocycles. The highest BCUT2D eigenvalue weighted by atomic mass is 35.5. The van der Waals surface area contributed by atoms with Crippen molar-refractivity contribution in [3.63, 3.8) is 0 Å². The van der Waals surface area contributed by atoms with E-state index in [4.69, 9.17) is 42.1 Å². The summed E-state index contributed by atoms with van der Waals surface area (Å²) in [5.41, 5.74) is -3.40. The summed E-state index contributed by atoms with van der Waals surface area (Å²) in [4.78, 5) is 134. The lowest BCUT2D eigenvalue weighted by Gasteiger charge is -2.39. The van der Waals surface area contributed by atoms with Crippen LogP contribution in [0.1, 0.15) is 138 Å². The van der Waals surface area contributed by atoms with E-state index < -0.39 is 208 Å². The number of rotatable bonds is 16. The van der Waals surface area contributed by atoms with Crippen molar-refractivity contribution < 1.29 is 108 Å². The van der Waals surface area contributed by atoms with E-state index in [2.05, 4.69) is 53.2 Å². The van der Waals surface area contributed by atoms with Gasteiger partial charge in [-0.05, 0) is 129 Å². The summed E-state index contributed by atoms with van der Waals surface area (Å²) in [5.74, 6) is -14.8. The second kappa shape index (κ2) is 33.4. The molecule has 6 aliphatic heterocycles. The van der Waals surface area contributed by atoms with Crippen LogP contribution in [-0.2, 0) is 43.1 Å². The Bertz CT molecular complexity index is 4100. The molecular formula is C70H84Cl2N10O22. The molecule has 11 rings (SSSR count). The number of carbonyl (C=O) groups excluding carboxylic acids is 9. The second-order valence-electron chi connectivity index (χ2n) is 27.0. The summed E-state index contributed by atoms with van der Waals surface area (Å²) in [6.45, 7) is 9.58. The third-order valence-electron chi connectivity index (χ3n) is 17.5. The van der Waals surface area contributed by atoms with Gasteiger partial charge in [-0.2, -0.15) is 0 Å². The summed E-state index contributed by atoms with van der Waals surface area (Å²) in [6, 6.07) is -1.01. The molecule has 19 N–H and O–H groups in total. The number of nitrogens with one attached hydrogen (secondary N) is 10. The van der Waals surface area contributed by atoms with Gasteiger partial charge in [0, 0.05) is 29.3 Å². The molecule has 5 aromatic rings. The van der Waals surface area contributed by atoms with Gasteiger partial charge in [0.25, 0.3) is 0 Å². The minimum absolute atomic E-state index is 0.110. The van der Waals surface area contributed by atoms with Gasteiger partial charge in [0.1, 0.15) is 102 Å². The summed E-state index contributed by atoms with van der Waals surface area (Å²) in [5, 5.41) is 128. The van der Waals surface area contributed by atoms with Gasteiger partial charge < -0.3 is 113 Å². The van der Waals surface area contributed by atoms with Crippen molar-refractivity contribution in [3.8, 4) is 57.1 Å². The predicted octanol–water partition coefficient (Wildman–Crippen LogP) is 2.62. The Morgan fingerprint density at radius 3 is 1.88 bits per heavy atom. The third kappa shape index (κ3) is 18.3. The maximum absolute atomic E-state index is 16.2. The lowest BCUT2D eigenvalue weighted by atomic mass is 9.89. The first-order chi connectivity index (χ1) is 49.2. The van der Waals surface area contributed by atoms with Crippen molar-refractivity contribution in [3.05, 3.63) is 117 Å². The highest BCUT2D eigenvalue weighted by Crippen LogP contribution is 2.49. The number of carbonyl (C=O) groups is 9. The van der Waals surface area contributed by atoms with Gasteiger partial charge in [0.05, 0.1) is 29.1 Å². The maximum Gasteiger partial charge on any atom is 0.321 e. The van der Waals surface area contributed by atoms with E-state index in [1.165, 1.54) is 25.2 Å². The Morgan fingerprint density at radius 1 is 0.654 bits per heavy atom. The summed E-state index contributed by atoms with van der Waals surface area (Å²) < 4.78 is 25.2. The van der Waals surface area contributed by atoms with Gasteiger partial charge in [0.15, 0.2) is 11.5 Å². The molecule has 3 unspecified atom stereocenters. The fraction of sp³-hybridized carbons (Fsp3) is 0.443. The Morgan fingerprint density at radius 2 is 1.27 bits per heavy atom. The molecule has 34 heteroatoms. The van der Waals surface area contributed by atoms with Crippen molar-refractivity contribution in [1.29, 1.82) is 0 Å². The normalized spacial score (nSPS) is 24.5. The number of ether oxygens (including phenoxy) is 4. The van der Waals surface area contributed by atoms with Gasteiger partial charge in [0.2, 0.25) is 59.3 Å². The van der Waals surface area contributed by atoms with Crippen molar-refractivity contribution in [2.75, 3.05) is 20.2 Å². The number of fused-ring (bicyclic) bond motifs is 15. The molecule has 11 bridgehead atoms. The average Bonchev–Trinajstić information content (AvgIpc) is 0.764. The van der Waals surface area contributed by atoms with Crippen LogP contribution in [0.2, 0.25) is 10.0 Å². The zero-order chi connectivity index (χ0) is 75.9. The fourth-order valence-electron chi connectivity index (χ4n) is 12.1. The zero-order valence-electron chi connectivity index (χ0n) is 57.4. The van der Waals surface area contributed by atoms with E-state index in [1.54, 1.807) is 20.8 Å². The number of aliphatic hydroxyl groups excluding tert-OH is 6. The molecule has 104 heavy (non-hydrogen) atoms. The largest absolute Gasteiger partial charge is 0.508 e. The van der Waals surface area contributed by atoms with Crippen LogP contribution in [0.25, 0.3) is 11.1 Å². The van der Waals surface area contributed by atoms with Crippen LogP contribution < -0.4 is 67.4 Å². The number of amides is 10. The van der Waals surface area contributed by atoms with Crippen molar-refractivity contribution >= 4 is 76.5 Å². The van der Waals surface area contributed by atoms with Crippen LogP contribution in [0, 0.1) is 5.92 Å². The van der Waals surface area contributed by atoms with E-state index in [9.17, 15) is 65.1 Å². The Hall–Kier alpha value is -9.61. The van der Waals surface area contributed by atoms with Crippen LogP contribution in [0.5, 0.6) is 46.0 Å². The van der Waals surface area contributed by atoms with Crippen LogP contribution in [0.4, 0.5) is 4.79 Å². The fourth-order valence-corrected chi connectivity index (χ4v) is 12.6. The topological polar surface area (TPSA) is 493 Å². The van der Waals surface area contributed by atoms with E-state index in [0.29, 0.717) is 6.42 Å². The van der Waals surface area contributed by atoms with Gasteiger partial charge in [-0.1, -0.05) is 81.4 Å². The lowest BCUT2D eigenvalue weighted by Crippen LogP contribution is -2.60. The Balaban J connectivity index is 1.32. The van der Waals surface area contributed by atoms with Gasteiger partial charge in [-0.15, -0.1) is 0 Å². The molecule has 0 spiro atoms. The first-order valence-electron chi connectivity index (χ1n) is 33.4. The number of likely N-dealkylation sites (N-methyl/N-ethyl adjacent to an activating group) is 1. The van der Waals surface area contributed by atoms with Gasteiger partial charge in [-0.3, -0.25) is 43.7 Å². The van der Waals surface area contributed by atoms with E-state index in [0.717, 1.165) is 79.9 Å². The molecule has 1 fully saturated rings. The number of halogens is 2. The number of aliphatic hydroxyl groups is 6. The highest BCUT2D eigenvalue weighted by molar-refractivity contribution is 6.32. The number of benzene rings is 5. The highest BCUT2D eigenvalue weighted by Gasteiger charge is 2.47. The van der Waals surface area contributed by atoms with E-state index in [-0.39, 0.29) is 63.2 Å². The van der Waals surface area contributed by atoms with Crippen molar-refractivity contribution in [1.82, 2.24) is 53.2 Å². The molecule has 14 atom stereocenters. The van der Waals surface area contributed by atoms with Crippen molar-refractivity contribution in [2.24, 2.45) is 5.92 Å². The smallest absolute Gasteiger partial charge is 0.321 e. The zero-order valence-corrected chi connectivity index (χ0v) is 58.9. The SMILES string of the molecule is CCCCCCNC(=O)NC(=O)CC1NC(=O)C(NC(=O)[C@@H](CC(C)C)NC)[C@H](O)c2ccc(c(Cl)c2)Oc2cc3cc(c2O[C@H]2O[C@H](CO)[C@@H](O)[C@H](O)[C@H]2O)Oc2ccc(cc2Cl)[C@@H](O)[C@@H]2NC(=O)[C@H](NC(=O)C3NC1=O)c1ccc(O)c(c1)-c1c(O)cc(O)cc1[C@H](C(=O)NC(C)(C)C)NC2=O. The van der Waals surface area contributed by atoms with E-state index >= 15 is 24.0 Å². The number of aromatic hydroxyl groups is 3. The number of hydrogen-bond donors (Lipinski definition) is 19. The predicted molar refractivity (Wildman–Crippen MR) is 370 cm³/mol. The van der Waals surface area contributed by atoms with E-state index in [1.807, 2.05) is 20.8 Å². The standard InChI is InChI=1S/C70H84Cl2N10O22/c1-8-9-10-11-18-74-69(100)76-48(87)27-40-62(94)77-51-33-23-45(101-43-16-13-31(21-37(43)71)55(88)53(65(97)75-40)80-61(93)39(73-7)19-29(2)3)60(104-68-59(92)58(91)57(90)47(28-83)103-68)46(24-33)102-44-17-14-32(22-38(44)72)56(89)54-66(98)79-52(67(99)82-70(4,5)6)36-25-34(84)26-42(86)49(36)35-20-30(12-15-41(35)85)50(63(95)81-54)78-64(51)96/h12-17,20-26,29,39-40,47,50-59,68,73,83-86,88-92H,8-11,18-19,27-28H2,1-7H3,(H,75,97)(H,77,94)(H,78,96)(H,79,98)(H,80,93)(H,81,95)(H,82,99)(H2,74,76,87,100)/t39-,40?,47-,50-,51?,52-,53?,54+,55-,56-,57-,58+,59-,68-/m1/s1. The van der Waals surface area contributed by atoms with Crippen LogP contribution in [0.15, 0.2) is 78.9 Å². The molecular weight excluding hydrogens is 1400 g/mol. The van der Waals surface area contributed by atoms with Crippen molar-refractivity contribution in [2.45, 2.75) is 171 Å². The minimum atomic E-state index is -2.36. The Kier molecular flexibility index (Phi) is 25.3. The summed E-state index contributed by atoms with van der Waals surface area (Å²) in [7, 11) is 1.47. The van der Waals surface area contributed by atoms with Crippen LogP contribution in [0.3, 0.4) is 0 Å². The molecule has 0 saturated carbocycles. The first kappa shape index (κ1) is 78.5. The maximum atomic E-state index is 16.2. The second-order valence-corrected chi connectivity index (χ2v) is 27.8. The molecule has 10 amide bonds. The number of phenolic OH excluding ortho intramolecular Hbond substituents is 3. The minimum Gasteiger partial charge on any atom is -0.508 e. The Labute approximate surface area is 605 Å². The molecule has 32 nitrogen and oxygen atoms in total. The molecule has 0 radical (unpaired) electrons. The third-order valence-corrected chi connectivity index (χ3v) is 18.1. The average molecular weight is 1490 g/mol. The molecule has 6 aliphatic rings. The number of hydrogen-bond acceptors (Lipinski definition) is 23. The molecule has 560 valence electrons. The monoisotopic (exact) mass is 1490 g/mol. The van der Waals surface area contributed by atoms with Gasteiger partial charge >= 0.3 is 6.03 Å². The number of imide groups is 1. The molecule has 1 saturated heterocycles. The molecule has 6 heterocycles. The first-order valence-corrected chi connectivity index (χ1v) is 34.2. The molecule has 5 aromatic carbocycles. The summed E-state index contributed by atoms with van der Waals surface area (Å²) in [6.07, 6.45) is -12.2. The van der Waals surface area contributed by atoms with Crippen LogP contribution in [-0.4, -0.2) is 180 Å². The number of urea groups is 1. The molecule has 0 aliphatic carbocycles. The lowest BCUT2D eigenvalue weighted by molar-refractivity contribution is -0.277. The number of unbranched alkanes of at least 4 members (excludes halogenated alkanes) is 3. The summed E-state index contributed by atoms with van der Waals surface area (Å²) >= 11 is 14.1. The quantitative estimate of drug-likeness (QED) is 0.0631. The number of phenols is 3.